The van der Waals surface area contributed by atoms with Gasteiger partial charge in [-0.15, -0.1) is 11.3 Å². The van der Waals surface area contributed by atoms with E-state index in [9.17, 15) is 9.59 Å². The van der Waals surface area contributed by atoms with Crippen LogP contribution in [0.25, 0.3) is 0 Å². The van der Waals surface area contributed by atoms with Crippen molar-refractivity contribution in [1.29, 1.82) is 0 Å². The molecule has 1 aliphatic rings. The minimum atomic E-state index is -0.385. The van der Waals surface area contributed by atoms with Crippen LogP contribution in [0.1, 0.15) is 38.1 Å². The summed E-state index contributed by atoms with van der Waals surface area (Å²) in [5.41, 5.74) is 2.03. The molecule has 0 saturated carbocycles. The lowest BCUT2D eigenvalue weighted by molar-refractivity contribution is 0.0643. The van der Waals surface area contributed by atoms with E-state index in [-0.39, 0.29) is 11.8 Å². The molecule has 0 N–H and O–H groups in total. The lowest BCUT2D eigenvalue weighted by Crippen LogP contribution is -2.48. The molecule has 1 aromatic heterocycles. The first kappa shape index (κ1) is 24.7. The molecule has 1 aliphatic heterocycles. The molecular formula is C25H26Cl2N4O2S. The molecule has 0 atom stereocenters. The van der Waals surface area contributed by atoms with Gasteiger partial charge in [0.15, 0.2) is 4.80 Å². The van der Waals surface area contributed by atoms with Gasteiger partial charge in [-0.1, -0.05) is 42.3 Å². The number of aromatic nitrogens is 1. The van der Waals surface area contributed by atoms with E-state index in [0.29, 0.717) is 32.5 Å². The highest BCUT2D eigenvalue weighted by Gasteiger charge is 2.21. The third-order valence-electron chi connectivity index (χ3n) is 5.83. The Kier molecular flexibility index (Phi) is 7.88. The monoisotopic (exact) mass is 516 g/mol. The third kappa shape index (κ3) is 5.78. The predicted octanol–water partition coefficient (Wildman–Crippen LogP) is 4.73. The van der Waals surface area contributed by atoms with Crippen molar-refractivity contribution in [3.05, 3.63) is 85.1 Å². The van der Waals surface area contributed by atoms with Crippen LogP contribution in [0.5, 0.6) is 0 Å². The van der Waals surface area contributed by atoms with Crippen molar-refractivity contribution in [2.75, 3.05) is 32.7 Å². The summed E-state index contributed by atoms with van der Waals surface area (Å²) in [6.45, 7) is 8.93. The Bertz CT molecular complexity index is 1280. The van der Waals surface area contributed by atoms with Crippen LogP contribution in [-0.2, 0) is 6.54 Å². The number of halogens is 2. The van der Waals surface area contributed by atoms with E-state index in [2.05, 4.69) is 16.8 Å². The van der Waals surface area contributed by atoms with Crippen molar-refractivity contribution in [3.63, 3.8) is 0 Å². The molecule has 0 unspecified atom stereocenters. The summed E-state index contributed by atoms with van der Waals surface area (Å²) in [5.74, 6) is -0.326. The van der Waals surface area contributed by atoms with Gasteiger partial charge in [-0.2, -0.15) is 4.99 Å². The number of aryl methyl sites for hydroxylation is 1. The number of nitrogens with zero attached hydrogens (tertiary/aromatic N) is 4. The number of hydrogen-bond donors (Lipinski definition) is 0. The number of amides is 2. The van der Waals surface area contributed by atoms with Crippen molar-refractivity contribution < 1.29 is 9.59 Å². The number of thiazole rings is 1. The number of rotatable bonds is 5. The molecule has 2 heterocycles. The van der Waals surface area contributed by atoms with Crippen LogP contribution in [0.3, 0.4) is 0 Å². The van der Waals surface area contributed by atoms with Crippen LogP contribution >= 0.6 is 34.5 Å². The number of carbonyl (C=O) groups excluding carboxylic acids is 2. The molecule has 4 rings (SSSR count). The summed E-state index contributed by atoms with van der Waals surface area (Å²) in [7, 11) is 0. The molecule has 0 bridgehead atoms. The van der Waals surface area contributed by atoms with Gasteiger partial charge in [-0.3, -0.25) is 9.59 Å². The summed E-state index contributed by atoms with van der Waals surface area (Å²) in [5, 5.41) is 0.706. The summed E-state index contributed by atoms with van der Waals surface area (Å²) in [6.07, 6.45) is 1.96. The molecule has 0 spiro atoms. The Balaban J connectivity index is 1.54. The highest BCUT2D eigenvalue weighted by atomic mass is 35.5. The van der Waals surface area contributed by atoms with Gasteiger partial charge in [0.1, 0.15) is 0 Å². The molecule has 2 amide bonds. The second-order valence-corrected chi connectivity index (χ2v) is 10.3. The highest BCUT2D eigenvalue weighted by Crippen LogP contribution is 2.23. The first-order valence-corrected chi connectivity index (χ1v) is 12.7. The van der Waals surface area contributed by atoms with Gasteiger partial charge in [0.2, 0.25) is 0 Å². The second kappa shape index (κ2) is 10.9. The number of piperazine rings is 1. The van der Waals surface area contributed by atoms with Crippen LogP contribution in [0.4, 0.5) is 0 Å². The average molecular weight is 517 g/mol. The summed E-state index contributed by atoms with van der Waals surface area (Å²) in [6, 6.07) is 12.4. The zero-order valence-corrected chi connectivity index (χ0v) is 21.5. The largest absolute Gasteiger partial charge is 0.336 e. The molecule has 2 aromatic carbocycles. The molecule has 34 heavy (non-hydrogen) atoms. The van der Waals surface area contributed by atoms with Crippen LogP contribution in [-0.4, -0.2) is 58.9 Å². The van der Waals surface area contributed by atoms with Gasteiger partial charge < -0.3 is 14.4 Å². The molecule has 1 fully saturated rings. The fourth-order valence-electron chi connectivity index (χ4n) is 3.93. The Labute approximate surface area is 213 Å². The molecular weight excluding hydrogens is 491 g/mol. The number of carbonyl (C=O) groups is 2. The minimum Gasteiger partial charge on any atom is -0.336 e. The van der Waals surface area contributed by atoms with Crippen LogP contribution in [0.2, 0.25) is 10.0 Å². The second-order valence-electron chi connectivity index (χ2n) is 8.22. The zero-order chi connectivity index (χ0) is 24.2. The van der Waals surface area contributed by atoms with Gasteiger partial charge in [-0.05, 0) is 49.4 Å². The zero-order valence-electron chi connectivity index (χ0n) is 19.1. The lowest BCUT2D eigenvalue weighted by atomic mass is 10.1. The normalized spacial score (nSPS) is 15.1. The predicted molar refractivity (Wildman–Crippen MR) is 137 cm³/mol. The first-order chi connectivity index (χ1) is 16.3. The van der Waals surface area contributed by atoms with Crippen molar-refractivity contribution in [3.8, 4) is 0 Å². The number of likely N-dealkylation sites (N-methyl/N-ethyl adjacent to an activating group) is 1. The number of benzene rings is 2. The van der Waals surface area contributed by atoms with Gasteiger partial charge in [-0.25, -0.2) is 0 Å². The maximum atomic E-state index is 13.0. The molecule has 3 aromatic rings. The third-order valence-corrected chi connectivity index (χ3v) is 7.51. The standard InChI is InChI=1S/C25H26Cl2N4O2S/c1-3-29-9-11-30(12-10-29)24(33)20-6-4-5-18(13-20)16-31-15-17(2)34-25(31)28-23(32)19-7-8-21(26)22(27)14-19/h4-8,13-15H,3,9-12,16H2,1-2H3. The van der Waals surface area contributed by atoms with E-state index in [4.69, 9.17) is 23.2 Å². The van der Waals surface area contributed by atoms with Gasteiger partial charge >= 0.3 is 0 Å². The van der Waals surface area contributed by atoms with E-state index >= 15 is 0 Å². The molecule has 9 heteroatoms. The Morgan fingerprint density at radius 1 is 1.00 bits per heavy atom. The van der Waals surface area contributed by atoms with E-state index < -0.39 is 0 Å². The smallest absolute Gasteiger partial charge is 0.279 e. The Hall–Kier alpha value is -2.45. The van der Waals surface area contributed by atoms with E-state index in [1.165, 1.54) is 17.4 Å². The van der Waals surface area contributed by atoms with Gasteiger partial charge in [0.05, 0.1) is 10.0 Å². The quantitative estimate of drug-likeness (QED) is 0.492. The van der Waals surface area contributed by atoms with Crippen molar-refractivity contribution in [2.45, 2.75) is 20.4 Å². The van der Waals surface area contributed by atoms with E-state index in [0.717, 1.165) is 43.2 Å². The Morgan fingerprint density at radius 2 is 1.76 bits per heavy atom. The van der Waals surface area contributed by atoms with Crippen LogP contribution in [0, 0.1) is 6.92 Å². The average Bonchev–Trinajstić information content (AvgIpc) is 3.18. The van der Waals surface area contributed by atoms with Gasteiger partial charge in [0, 0.05) is 54.9 Å². The summed E-state index contributed by atoms with van der Waals surface area (Å²) in [4.78, 5) is 36.0. The SMILES string of the molecule is CCN1CCN(C(=O)c2cccc(Cn3cc(C)sc3=NC(=O)c3ccc(Cl)c(Cl)c3)c2)CC1. The first-order valence-electron chi connectivity index (χ1n) is 11.2. The van der Waals surface area contributed by atoms with Crippen molar-refractivity contribution >= 4 is 46.4 Å². The summed E-state index contributed by atoms with van der Waals surface area (Å²) < 4.78 is 1.93. The highest BCUT2D eigenvalue weighted by molar-refractivity contribution is 7.09. The molecule has 178 valence electrons. The molecule has 0 radical (unpaired) electrons. The van der Waals surface area contributed by atoms with E-state index in [1.807, 2.05) is 46.9 Å². The molecule has 6 nitrogen and oxygen atoms in total. The lowest BCUT2D eigenvalue weighted by Gasteiger charge is -2.34. The maximum Gasteiger partial charge on any atom is 0.279 e. The van der Waals surface area contributed by atoms with Crippen molar-refractivity contribution in [2.24, 2.45) is 4.99 Å². The molecule has 0 aliphatic carbocycles. The topological polar surface area (TPSA) is 57.9 Å². The summed E-state index contributed by atoms with van der Waals surface area (Å²) >= 11 is 13.4. The fraction of sp³-hybridized carbons (Fsp3) is 0.320. The van der Waals surface area contributed by atoms with Crippen molar-refractivity contribution in [1.82, 2.24) is 14.4 Å². The molecule has 1 saturated heterocycles. The minimum absolute atomic E-state index is 0.0591. The van der Waals surface area contributed by atoms with Crippen LogP contribution in [0.15, 0.2) is 53.7 Å². The number of hydrogen-bond acceptors (Lipinski definition) is 4. The Morgan fingerprint density at radius 3 is 2.47 bits per heavy atom. The van der Waals surface area contributed by atoms with Crippen LogP contribution < -0.4 is 4.80 Å². The fourth-order valence-corrected chi connectivity index (χ4v) is 5.06. The van der Waals surface area contributed by atoms with Gasteiger partial charge in [0.25, 0.3) is 11.8 Å². The maximum absolute atomic E-state index is 13.0. The van der Waals surface area contributed by atoms with E-state index in [1.54, 1.807) is 12.1 Å².